The molecule has 180 valence electrons. The van der Waals surface area contributed by atoms with E-state index in [2.05, 4.69) is 0 Å². The van der Waals surface area contributed by atoms with E-state index in [-0.39, 0.29) is 30.2 Å². The van der Waals surface area contributed by atoms with Gasteiger partial charge in [0.25, 0.3) is 5.91 Å². The van der Waals surface area contributed by atoms with Gasteiger partial charge < -0.3 is 33.4 Å². The van der Waals surface area contributed by atoms with Crippen LogP contribution >= 0.6 is 0 Å². The highest BCUT2D eigenvalue weighted by Crippen LogP contribution is 2.31. The van der Waals surface area contributed by atoms with Crippen molar-refractivity contribution >= 4 is 16.9 Å². The number of hydrogen-bond acceptors (Lipinski definition) is 8. The number of rotatable bonds is 11. The second-order valence-corrected chi connectivity index (χ2v) is 7.82. The van der Waals surface area contributed by atoms with Crippen LogP contribution in [0.25, 0.3) is 11.0 Å². The lowest BCUT2D eigenvalue weighted by atomic mass is 9.93. The molecule has 0 radical (unpaired) electrons. The Morgan fingerprint density at radius 3 is 2.73 bits per heavy atom. The Kier molecular flexibility index (Phi) is 9.02. The average molecular weight is 462 g/mol. The largest absolute Gasteiger partial charge is 0.464 e. The average Bonchev–Trinajstić information content (AvgIpc) is 2.84. The van der Waals surface area contributed by atoms with Crippen LogP contribution in [0.2, 0.25) is 0 Å². The number of carbonyl (C=O) groups is 1. The van der Waals surface area contributed by atoms with Crippen LogP contribution in [0.4, 0.5) is 0 Å². The quantitative estimate of drug-likeness (QED) is 0.401. The van der Waals surface area contributed by atoms with E-state index in [1.807, 2.05) is 0 Å². The van der Waals surface area contributed by atoms with Crippen LogP contribution in [0.15, 0.2) is 51.6 Å². The molecule has 1 aromatic carbocycles. The number of unbranched alkanes of at least 4 members (excludes halogenated alkanes) is 1. The second kappa shape index (κ2) is 11.9. The molecule has 0 bridgehead atoms. The Labute approximate surface area is 192 Å². The minimum absolute atomic E-state index is 0.0737. The van der Waals surface area contributed by atoms with Gasteiger partial charge in [0.1, 0.15) is 5.58 Å². The molecule has 0 unspecified atom stereocenters. The number of ether oxygens (including phenoxy) is 4. The molecule has 1 amide bonds. The van der Waals surface area contributed by atoms with E-state index >= 15 is 0 Å². The molecule has 0 spiro atoms. The predicted octanol–water partition coefficient (Wildman–Crippen LogP) is 2.37. The smallest absolute Gasteiger partial charge is 0.288 e. The molecule has 1 aromatic heterocycles. The zero-order valence-corrected chi connectivity index (χ0v) is 19.2. The van der Waals surface area contributed by atoms with E-state index in [1.165, 1.54) is 25.4 Å². The molecule has 0 saturated heterocycles. The van der Waals surface area contributed by atoms with Gasteiger partial charge in [0.15, 0.2) is 17.5 Å². The lowest BCUT2D eigenvalue weighted by Crippen LogP contribution is -2.39. The van der Waals surface area contributed by atoms with Crippen LogP contribution in [0.3, 0.4) is 0 Å². The summed E-state index contributed by atoms with van der Waals surface area (Å²) in [5.41, 5.74) is 0.777. The van der Waals surface area contributed by atoms with Crippen molar-refractivity contribution in [1.82, 2.24) is 4.90 Å². The zero-order chi connectivity index (χ0) is 23.8. The van der Waals surface area contributed by atoms with Crippen LogP contribution in [-0.2, 0) is 23.7 Å². The first-order chi connectivity index (χ1) is 16.0. The normalized spacial score (nSPS) is 18.3. The fourth-order valence-corrected chi connectivity index (χ4v) is 3.64. The number of likely N-dealkylation sites (N-methyl/N-ethyl adjacent to an activating group) is 1. The number of hydrogen-bond donors (Lipinski definition) is 1. The first kappa shape index (κ1) is 24.9. The Morgan fingerprint density at radius 1 is 1.24 bits per heavy atom. The maximum absolute atomic E-state index is 13.1. The molecule has 1 aliphatic rings. The van der Waals surface area contributed by atoms with Crippen LogP contribution in [0.1, 0.15) is 30.7 Å². The van der Waals surface area contributed by atoms with Crippen molar-refractivity contribution in [2.24, 2.45) is 0 Å². The number of amides is 1. The predicted molar refractivity (Wildman–Crippen MR) is 121 cm³/mol. The summed E-state index contributed by atoms with van der Waals surface area (Å²) in [6, 6.07) is 7.03. The summed E-state index contributed by atoms with van der Waals surface area (Å²) in [4.78, 5) is 27.7. The van der Waals surface area contributed by atoms with Crippen molar-refractivity contribution in [3.63, 3.8) is 0 Å². The van der Waals surface area contributed by atoms with E-state index in [0.29, 0.717) is 42.4 Å². The highest BCUT2D eigenvalue weighted by Gasteiger charge is 2.32. The molecular formula is C24H31NO8. The van der Waals surface area contributed by atoms with E-state index in [0.717, 1.165) is 0 Å². The third kappa shape index (κ3) is 6.20. The zero-order valence-electron chi connectivity index (χ0n) is 19.2. The Balaban J connectivity index is 1.88. The number of para-hydroxylation sites is 1. The highest BCUT2D eigenvalue weighted by atomic mass is 16.7. The summed E-state index contributed by atoms with van der Waals surface area (Å²) in [5, 5.41) is 9.46. The number of aliphatic hydroxyl groups excluding tert-OH is 1. The number of allylic oxidation sites excluding steroid dienone is 1. The first-order valence-electron chi connectivity index (χ1n) is 10.9. The minimum atomic E-state index is -0.724. The molecular weight excluding hydrogens is 430 g/mol. The third-order valence-corrected chi connectivity index (χ3v) is 5.53. The van der Waals surface area contributed by atoms with Crippen molar-refractivity contribution in [2.75, 3.05) is 41.0 Å². The summed E-state index contributed by atoms with van der Waals surface area (Å²) in [7, 11) is 4.60. The van der Waals surface area contributed by atoms with Gasteiger partial charge in [0.2, 0.25) is 6.29 Å². The lowest BCUT2D eigenvalue weighted by molar-refractivity contribution is -0.158. The van der Waals surface area contributed by atoms with Crippen LogP contribution in [0, 0.1) is 0 Å². The van der Waals surface area contributed by atoms with Crippen molar-refractivity contribution in [2.45, 2.75) is 37.8 Å². The number of carbonyl (C=O) groups excluding carboxylic acids is 1. The summed E-state index contributed by atoms with van der Waals surface area (Å²) in [6.45, 7) is 0.624. The summed E-state index contributed by atoms with van der Waals surface area (Å²) in [5.74, 6) is -0.734. The van der Waals surface area contributed by atoms with Gasteiger partial charge in [-0.1, -0.05) is 12.1 Å². The van der Waals surface area contributed by atoms with E-state index in [1.54, 1.807) is 37.4 Å². The molecule has 1 N–H and O–H groups in total. The van der Waals surface area contributed by atoms with Gasteiger partial charge >= 0.3 is 0 Å². The molecule has 0 aliphatic carbocycles. The fraction of sp³-hybridized carbons (Fsp3) is 0.500. The maximum Gasteiger partial charge on any atom is 0.288 e. The molecule has 2 atom stereocenters. The Bertz CT molecular complexity index is 1010. The fourth-order valence-electron chi connectivity index (χ4n) is 3.64. The number of aliphatic hydroxyl groups is 1. The van der Waals surface area contributed by atoms with E-state index in [9.17, 15) is 9.59 Å². The SMILES string of the molecule is COC(CN(C)C(=O)C1=C[C@H](c2coc3ccccc3c2=O)C[C@H](OCCCCO)O1)OC. The van der Waals surface area contributed by atoms with Crippen LogP contribution < -0.4 is 5.43 Å². The number of methoxy groups -OCH3 is 2. The third-order valence-electron chi connectivity index (χ3n) is 5.53. The summed E-state index contributed by atoms with van der Waals surface area (Å²) in [6.07, 6.45) is 3.37. The minimum Gasteiger partial charge on any atom is -0.464 e. The standard InChI is InChI=1S/C24H31NO8/c1-25(14-22(29-2)30-3)24(28)20-12-16(13-21(33-20)31-11-7-6-10-26)18-15-32-19-9-5-4-8-17(19)23(18)27/h4-5,8-9,12,15-16,21-22,26H,6-7,10-11,13-14H2,1-3H3/t16-,21+/m0/s1. The maximum atomic E-state index is 13.1. The number of fused-ring (bicyclic) bond motifs is 1. The molecule has 0 saturated carbocycles. The number of nitrogens with zero attached hydrogens (tertiary/aromatic N) is 1. The monoisotopic (exact) mass is 461 g/mol. The van der Waals surface area contributed by atoms with Crippen molar-refractivity contribution in [1.29, 1.82) is 0 Å². The van der Waals surface area contributed by atoms with Gasteiger partial charge in [-0.2, -0.15) is 0 Å². The van der Waals surface area contributed by atoms with Crippen LogP contribution in [-0.4, -0.2) is 69.5 Å². The van der Waals surface area contributed by atoms with E-state index in [4.69, 9.17) is 28.5 Å². The molecule has 2 aromatic rings. The number of benzene rings is 1. The molecule has 0 fully saturated rings. The van der Waals surface area contributed by atoms with Gasteiger partial charge in [0, 0.05) is 45.8 Å². The molecule has 9 heteroatoms. The molecule has 1 aliphatic heterocycles. The molecule has 33 heavy (non-hydrogen) atoms. The van der Waals surface area contributed by atoms with E-state index < -0.39 is 18.5 Å². The van der Waals surface area contributed by atoms with Gasteiger partial charge in [-0.3, -0.25) is 9.59 Å². The van der Waals surface area contributed by atoms with Gasteiger partial charge in [-0.25, -0.2) is 0 Å². The topological polar surface area (TPSA) is 108 Å². The Hall–Kier alpha value is -2.72. The molecule has 3 rings (SSSR count). The lowest BCUT2D eigenvalue weighted by Gasteiger charge is -2.31. The van der Waals surface area contributed by atoms with Gasteiger partial charge in [-0.15, -0.1) is 0 Å². The van der Waals surface area contributed by atoms with Gasteiger partial charge in [0.05, 0.1) is 24.8 Å². The van der Waals surface area contributed by atoms with Crippen molar-refractivity contribution in [3.8, 4) is 0 Å². The first-order valence-corrected chi connectivity index (χ1v) is 10.9. The molecule has 2 heterocycles. The van der Waals surface area contributed by atoms with Crippen molar-refractivity contribution < 1.29 is 33.3 Å². The van der Waals surface area contributed by atoms with Crippen LogP contribution in [0.5, 0.6) is 0 Å². The second-order valence-electron chi connectivity index (χ2n) is 7.82. The van der Waals surface area contributed by atoms with Gasteiger partial charge in [-0.05, 0) is 31.1 Å². The highest BCUT2D eigenvalue weighted by molar-refractivity contribution is 5.91. The van der Waals surface area contributed by atoms with Crippen molar-refractivity contribution in [3.05, 3.63) is 58.2 Å². The molecule has 9 nitrogen and oxygen atoms in total. The Morgan fingerprint density at radius 2 is 2.00 bits per heavy atom. The summed E-state index contributed by atoms with van der Waals surface area (Å²) >= 11 is 0. The summed E-state index contributed by atoms with van der Waals surface area (Å²) < 4.78 is 27.7.